The predicted octanol–water partition coefficient (Wildman–Crippen LogP) is 1.12. The molecule has 0 N–H and O–H groups in total. The molecule has 0 aromatic carbocycles. The van der Waals surface area contributed by atoms with Gasteiger partial charge in [0.25, 0.3) is 0 Å². The Morgan fingerprint density at radius 2 is 1.75 bits per heavy atom. The van der Waals surface area contributed by atoms with E-state index in [1.165, 1.54) is 0 Å². The Labute approximate surface area is 72.0 Å². The van der Waals surface area contributed by atoms with Crippen LogP contribution in [0.5, 0.6) is 0 Å². The molecule has 1 aliphatic carbocycles. The number of hydrogen-bond donors (Lipinski definition) is 0. The van der Waals surface area contributed by atoms with Crippen molar-refractivity contribution in [3.8, 4) is 0 Å². The quantitative estimate of drug-likeness (QED) is 0.546. The highest BCUT2D eigenvalue weighted by Crippen LogP contribution is 2.44. The van der Waals surface area contributed by atoms with Crippen molar-refractivity contribution in [1.29, 1.82) is 0 Å². The maximum atomic E-state index is 11.8. The topological polar surface area (TPSA) is 35.5 Å². The van der Waals surface area contributed by atoms with Gasteiger partial charge in [-0.15, -0.1) is 0 Å². The fourth-order valence-electron chi connectivity index (χ4n) is 1.95. The lowest BCUT2D eigenvalue weighted by molar-refractivity contribution is -0.177. The molecule has 2 aliphatic rings. The van der Waals surface area contributed by atoms with Crippen LogP contribution < -0.4 is 0 Å². The van der Waals surface area contributed by atoms with E-state index in [-0.39, 0.29) is 11.2 Å². The van der Waals surface area contributed by atoms with E-state index in [4.69, 9.17) is 9.47 Å². The summed E-state index contributed by atoms with van der Waals surface area (Å²) in [5, 5.41) is 0. The second-order valence-electron chi connectivity index (χ2n) is 4.16. The number of rotatable bonds is 0. The van der Waals surface area contributed by atoms with Gasteiger partial charge in [0, 0.05) is 11.8 Å². The van der Waals surface area contributed by atoms with Crippen molar-refractivity contribution in [2.45, 2.75) is 32.5 Å². The Kier molecular flexibility index (Phi) is 1.57. The Morgan fingerprint density at radius 1 is 1.17 bits per heavy atom. The van der Waals surface area contributed by atoms with Crippen molar-refractivity contribution in [1.82, 2.24) is 0 Å². The number of ketones is 1. The molecule has 1 spiro atoms. The lowest BCUT2D eigenvalue weighted by Gasteiger charge is -2.22. The predicted molar refractivity (Wildman–Crippen MR) is 42.7 cm³/mol. The van der Waals surface area contributed by atoms with Gasteiger partial charge in [-0.05, 0) is 6.42 Å². The first-order valence-corrected chi connectivity index (χ1v) is 4.40. The zero-order valence-electron chi connectivity index (χ0n) is 7.55. The van der Waals surface area contributed by atoms with Crippen molar-refractivity contribution in [3.63, 3.8) is 0 Å². The summed E-state index contributed by atoms with van der Waals surface area (Å²) >= 11 is 0. The summed E-state index contributed by atoms with van der Waals surface area (Å²) in [6.45, 7) is 5.02. The van der Waals surface area contributed by atoms with Gasteiger partial charge in [0.05, 0.1) is 13.2 Å². The highest BCUT2D eigenvalue weighted by molar-refractivity contribution is 5.93. The molecule has 0 amide bonds. The van der Waals surface area contributed by atoms with Gasteiger partial charge in [0.2, 0.25) is 5.79 Å². The minimum atomic E-state index is -0.858. The molecule has 3 nitrogen and oxygen atoms in total. The van der Waals surface area contributed by atoms with Gasteiger partial charge in [0.15, 0.2) is 5.78 Å². The number of carbonyl (C=O) groups is 1. The molecule has 1 heterocycles. The van der Waals surface area contributed by atoms with Gasteiger partial charge in [-0.25, -0.2) is 0 Å². The minimum absolute atomic E-state index is 0.118. The normalized spacial score (nSPS) is 31.7. The summed E-state index contributed by atoms with van der Waals surface area (Å²) < 4.78 is 10.8. The van der Waals surface area contributed by atoms with Crippen LogP contribution in [0.3, 0.4) is 0 Å². The van der Waals surface area contributed by atoms with Crippen molar-refractivity contribution < 1.29 is 14.3 Å². The number of Topliss-reactive ketones (excluding diaryl/α,β-unsaturated/α-hetero) is 1. The van der Waals surface area contributed by atoms with Crippen LogP contribution in [0.4, 0.5) is 0 Å². The van der Waals surface area contributed by atoms with Crippen LogP contribution in [0.15, 0.2) is 0 Å². The molecule has 0 radical (unpaired) electrons. The highest BCUT2D eigenvalue weighted by Gasteiger charge is 2.55. The van der Waals surface area contributed by atoms with Crippen molar-refractivity contribution in [2.24, 2.45) is 5.41 Å². The Balaban J connectivity index is 2.26. The molecule has 3 heteroatoms. The zero-order valence-corrected chi connectivity index (χ0v) is 7.55. The summed E-state index contributed by atoms with van der Waals surface area (Å²) in [5.74, 6) is -0.740. The van der Waals surface area contributed by atoms with Crippen LogP contribution in [-0.2, 0) is 14.3 Å². The van der Waals surface area contributed by atoms with E-state index in [2.05, 4.69) is 0 Å². The number of ether oxygens (including phenoxy) is 2. The summed E-state index contributed by atoms with van der Waals surface area (Å²) in [7, 11) is 0. The maximum absolute atomic E-state index is 11.8. The third kappa shape index (κ3) is 0.930. The lowest BCUT2D eigenvalue weighted by atomic mass is 9.90. The third-order valence-electron chi connectivity index (χ3n) is 2.79. The maximum Gasteiger partial charge on any atom is 0.229 e. The van der Waals surface area contributed by atoms with Crippen LogP contribution in [0.2, 0.25) is 0 Å². The standard InChI is InChI=1S/C9H14O3/c1-8(2)3-4-9(7(8)10)11-5-6-12-9/h3-6H2,1-2H3. The molecule has 0 atom stereocenters. The summed E-state index contributed by atoms with van der Waals surface area (Å²) in [4.78, 5) is 11.8. The SMILES string of the molecule is CC1(C)CCC2(OCCO2)C1=O. The molecule has 12 heavy (non-hydrogen) atoms. The first kappa shape index (κ1) is 8.20. The number of carbonyl (C=O) groups excluding carboxylic acids is 1. The van der Waals surface area contributed by atoms with Gasteiger partial charge in [0.1, 0.15) is 0 Å². The van der Waals surface area contributed by atoms with E-state index in [9.17, 15) is 4.79 Å². The van der Waals surface area contributed by atoms with Crippen LogP contribution in [0.25, 0.3) is 0 Å². The Bertz CT molecular complexity index is 214. The number of hydrogen-bond acceptors (Lipinski definition) is 3. The van der Waals surface area contributed by atoms with Gasteiger partial charge >= 0.3 is 0 Å². The monoisotopic (exact) mass is 170 g/mol. The second-order valence-corrected chi connectivity index (χ2v) is 4.16. The average molecular weight is 170 g/mol. The van der Waals surface area contributed by atoms with Crippen molar-refractivity contribution in [2.75, 3.05) is 13.2 Å². The molecule has 0 unspecified atom stereocenters. The molecular formula is C9H14O3. The second kappa shape index (κ2) is 2.30. The molecule has 68 valence electrons. The van der Waals surface area contributed by atoms with Gasteiger partial charge in [-0.2, -0.15) is 0 Å². The molecule has 2 fully saturated rings. The van der Waals surface area contributed by atoms with Crippen LogP contribution in [-0.4, -0.2) is 24.8 Å². The first-order chi connectivity index (χ1) is 5.57. The summed E-state index contributed by atoms with van der Waals surface area (Å²) in [6, 6.07) is 0. The zero-order chi connectivity index (χ0) is 8.82. The third-order valence-corrected chi connectivity index (χ3v) is 2.79. The Morgan fingerprint density at radius 3 is 2.17 bits per heavy atom. The van der Waals surface area contributed by atoms with Gasteiger partial charge in [-0.1, -0.05) is 13.8 Å². The van der Waals surface area contributed by atoms with Crippen LogP contribution in [0.1, 0.15) is 26.7 Å². The van der Waals surface area contributed by atoms with Gasteiger partial charge < -0.3 is 9.47 Å². The largest absolute Gasteiger partial charge is 0.341 e. The fourth-order valence-corrected chi connectivity index (χ4v) is 1.95. The van der Waals surface area contributed by atoms with E-state index in [1.807, 2.05) is 13.8 Å². The fraction of sp³-hybridized carbons (Fsp3) is 0.889. The Hall–Kier alpha value is -0.410. The van der Waals surface area contributed by atoms with E-state index < -0.39 is 5.79 Å². The molecule has 1 aliphatic heterocycles. The van der Waals surface area contributed by atoms with Crippen molar-refractivity contribution in [3.05, 3.63) is 0 Å². The summed E-state index contributed by atoms with van der Waals surface area (Å²) in [5.41, 5.74) is -0.260. The van der Waals surface area contributed by atoms with Crippen molar-refractivity contribution >= 4 is 5.78 Å². The van der Waals surface area contributed by atoms with Crippen LogP contribution in [0, 0.1) is 5.41 Å². The van der Waals surface area contributed by atoms with E-state index in [0.29, 0.717) is 13.2 Å². The van der Waals surface area contributed by atoms with Crippen LogP contribution >= 0.6 is 0 Å². The lowest BCUT2D eigenvalue weighted by Crippen LogP contribution is -2.39. The molecule has 1 saturated heterocycles. The molecule has 0 bridgehead atoms. The molecule has 0 aromatic heterocycles. The smallest absolute Gasteiger partial charge is 0.229 e. The van der Waals surface area contributed by atoms with E-state index in [0.717, 1.165) is 12.8 Å². The highest BCUT2D eigenvalue weighted by atomic mass is 16.7. The van der Waals surface area contributed by atoms with E-state index >= 15 is 0 Å². The molecule has 1 saturated carbocycles. The van der Waals surface area contributed by atoms with E-state index in [1.54, 1.807) is 0 Å². The molecule has 0 aromatic rings. The molecule has 2 rings (SSSR count). The minimum Gasteiger partial charge on any atom is -0.341 e. The molecular weight excluding hydrogens is 156 g/mol. The van der Waals surface area contributed by atoms with Gasteiger partial charge in [-0.3, -0.25) is 4.79 Å². The first-order valence-electron chi connectivity index (χ1n) is 4.40. The summed E-state index contributed by atoms with van der Waals surface area (Å²) in [6.07, 6.45) is 1.59. The average Bonchev–Trinajstić information content (AvgIpc) is 2.55.